The molecule has 0 saturated heterocycles. The van der Waals surface area contributed by atoms with E-state index in [-0.39, 0.29) is 17.1 Å². The van der Waals surface area contributed by atoms with E-state index >= 15 is 0 Å². The highest BCUT2D eigenvalue weighted by Gasteiger charge is 2.24. The maximum atomic E-state index is 13.6. The molecule has 0 heterocycles. The lowest BCUT2D eigenvalue weighted by molar-refractivity contribution is 0.0525. The Morgan fingerprint density at radius 2 is 1.95 bits per heavy atom. The van der Waals surface area contributed by atoms with Crippen molar-refractivity contribution in [1.29, 1.82) is 0 Å². The van der Waals surface area contributed by atoms with Gasteiger partial charge in [-0.25, -0.2) is 4.39 Å². The highest BCUT2D eigenvalue weighted by Crippen LogP contribution is 2.20. The van der Waals surface area contributed by atoms with Crippen LogP contribution >= 0.6 is 11.6 Å². The summed E-state index contributed by atoms with van der Waals surface area (Å²) in [6.07, 6.45) is 0. The summed E-state index contributed by atoms with van der Waals surface area (Å²) in [7, 11) is 0. The van der Waals surface area contributed by atoms with Gasteiger partial charge in [-0.3, -0.25) is 4.79 Å². The van der Waals surface area contributed by atoms with Crippen molar-refractivity contribution < 1.29 is 14.3 Å². The Morgan fingerprint density at radius 3 is 2.57 bits per heavy atom. The van der Waals surface area contributed by atoms with Gasteiger partial charge < -0.3 is 10.4 Å². The quantitative estimate of drug-likeness (QED) is 0.912. The van der Waals surface area contributed by atoms with Crippen molar-refractivity contribution in [2.75, 3.05) is 6.54 Å². The molecule has 2 aromatic rings. The van der Waals surface area contributed by atoms with Gasteiger partial charge in [-0.2, -0.15) is 0 Å². The Kier molecular flexibility index (Phi) is 4.60. The van der Waals surface area contributed by atoms with Gasteiger partial charge in [0.2, 0.25) is 0 Å². The van der Waals surface area contributed by atoms with Gasteiger partial charge in [-0.15, -0.1) is 0 Å². The van der Waals surface area contributed by atoms with Crippen molar-refractivity contribution in [3.63, 3.8) is 0 Å². The van der Waals surface area contributed by atoms with Gasteiger partial charge in [-0.1, -0.05) is 41.9 Å². The molecule has 0 saturated carbocycles. The highest BCUT2D eigenvalue weighted by molar-refractivity contribution is 6.30. The maximum absolute atomic E-state index is 13.6. The molecule has 0 radical (unpaired) electrons. The smallest absolute Gasteiger partial charge is 0.254 e. The molecule has 0 aliphatic carbocycles. The van der Waals surface area contributed by atoms with Gasteiger partial charge in [0.15, 0.2) is 0 Å². The molecule has 21 heavy (non-hydrogen) atoms. The van der Waals surface area contributed by atoms with Crippen LogP contribution in [0, 0.1) is 5.82 Å². The Hall–Kier alpha value is -1.91. The second kappa shape index (κ2) is 6.24. The monoisotopic (exact) mass is 307 g/mol. The molecule has 0 aliphatic rings. The summed E-state index contributed by atoms with van der Waals surface area (Å²) in [5.74, 6) is -1.29. The average molecular weight is 308 g/mol. The van der Waals surface area contributed by atoms with Gasteiger partial charge >= 0.3 is 0 Å². The molecule has 3 nitrogen and oxygen atoms in total. The third kappa shape index (κ3) is 3.80. The number of halogens is 2. The number of rotatable bonds is 4. The third-order valence-electron chi connectivity index (χ3n) is 3.16. The first-order valence-electron chi connectivity index (χ1n) is 6.41. The number of benzene rings is 2. The first kappa shape index (κ1) is 15.5. The molecular formula is C16H15ClFNO2. The highest BCUT2D eigenvalue weighted by atomic mass is 35.5. The molecule has 2 aromatic carbocycles. The van der Waals surface area contributed by atoms with Crippen molar-refractivity contribution in [1.82, 2.24) is 5.32 Å². The van der Waals surface area contributed by atoms with Crippen LogP contribution in [0.2, 0.25) is 5.02 Å². The van der Waals surface area contributed by atoms with Gasteiger partial charge in [0.05, 0.1) is 12.1 Å². The standard InChI is InChI=1S/C16H15ClFNO2/c1-16(21,11-5-3-2-4-6-11)10-19-15(20)13-8-7-12(17)9-14(13)18/h2-9,21H,10H2,1H3,(H,19,20). The summed E-state index contributed by atoms with van der Waals surface area (Å²) in [6, 6.07) is 12.8. The number of amides is 1. The number of carbonyl (C=O) groups is 1. The summed E-state index contributed by atoms with van der Waals surface area (Å²) >= 11 is 5.64. The van der Waals surface area contributed by atoms with Crippen LogP contribution in [0.3, 0.4) is 0 Å². The number of hydrogen-bond acceptors (Lipinski definition) is 2. The molecule has 1 unspecified atom stereocenters. The summed E-state index contributed by atoms with van der Waals surface area (Å²) in [6.45, 7) is 1.55. The normalized spacial score (nSPS) is 13.5. The molecule has 5 heteroatoms. The lowest BCUT2D eigenvalue weighted by Crippen LogP contribution is -2.38. The minimum absolute atomic E-state index is 0.0298. The van der Waals surface area contributed by atoms with Crippen LogP contribution in [0.25, 0.3) is 0 Å². The fourth-order valence-corrected chi connectivity index (χ4v) is 2.08. The number of hydrogen-bond donors (Lipinski definition) is 2. The minimum Gasteiger partial charge on any atom is -0.384 e. The van der Waals surface area contributed by atoms with Crippen molar-refractivity contribution in [2.45, 2.75) is 12.5 Å². The van der Waals surface area contributed by atoms with E-state index in [1.807, 2.05) is 6.07 Å². The van der Waals surface area contributed by atoms with E-state index < -0.39 is 17.3 Å². The SMILES string of the molecule is CC(O)(CNC(=O)c1ccc(Cl)cc1F)c1ccccc1. The average Bonchev–Trinajstić information content (AvgIpc) is 2.46. The molecule has 1 amide bonds. The fourth-order valence-electron chi connectivity index (χ4n) is 1.92. The summed E-state index contributed by atoms with van der Waals surface area (Å²) in [5.41, 5.74) is -0.676. The van der Waals surface area contributed by atoms with E-state index in [9.17, 15) is 14.3 Å². The van der Waals surface area contributed by atoms with Crippen LogP contribution in [-0.4, -0.2) is 17.6 Å². The lowest BCUT2D eigenvalue weighted by Gasteiger charge is -2.24. The largest absolute Gasteiger partial charge is 0.384 e. The Morgan fingerprint density at radius 1 is 1.29 bits per heavy atom. The van der Waals surface area contributed by atoms with Crippen molar-refractivity contribution in [2.24, 2.45) is 0 Å². The van der Waals surface area contributed by atoms with Crippen molar-refractivity contribution in [3.8, 4) is 0 Å². The number of carbonyl (C=O) groups excluding carboxylic acids is 1. The molecule has 0 spiro atoms. The first-order valence-corrected chi connectivity index (χ1v) is 6.79. The van der Waals surface area contributed by atoms with Crippen LogP contribution in [-0.2, 0) is 5.60 Å². The third-order valence-corrected chi connectivity index (χ3v) is 3.40. The van der Waals surface area contributed by atoms with Crippen LogP contribution in [0.15, 0.2) is 48.5 Å². The predicted molar refractivity (Wildman–Crippen MR) is 79.8 cm³/mol. The molecule has 110 valence electrons. The summed E-state index contributed by atoms with van der Waals surface area (Å²) in [5, 5.41) is 13.1. The maximum Gasteiger partial charge on any atom is 0.254 e. The van der Waals surface area contributed by atoms with E-state index in [1.165, 1.54) is 12.1 Å². The van der Waals surface area contributed by atoms with E-state index in [4.69, 9.17) is 11.6 Å². The lowest BCUT2D eigenvalue weighted by atomic mass is 9.96. The van der Waals surface area contributed by atoms with E-state index in [0.29, 0.717) is 5.56 Å². The van der Waals surface area contributed by atoms with Crippen LogP contribution < -0.4 is 5.32 Å². The Bertz CT molecular complexity index is 644. The van der Waals surface area contributed by atoms with Crippen molar-refractivity contribution >= 4 is 17.5 Å². The molecular weight excluding hydrogens is 293 g/mol. The topological polar surface area (TPSA) is 49.3 Å². The van der Waals surface area contributed by atoms with E-state index in [0.717, 1.165) is 6.07 Å². The fraction of sp³-hybridized carbons (Fsp3) is 0.188. The van der Waals surface area contributed by atoms with Crippen LogP contribution in [0.1, 0.15) is 22.8 Å². The zero-order valence-electron chi connectivity index (χ0n) is 11.4. The van der Waals surface area contributed by atoms with Gasteiger partial charge in [-0.05, 0) is 30.7 Å². The molecule has 0 aliphatic heterocycles. The Balaban J connectivity index is 2.07. The zero-order valence-corrected chi connectivity index (χ0v) is 12.2. The number of nitrogens with one attached hydrogen (secondary N) is 1. The van der Waals surface area contributed by atoms with E-state index in [1.54, 1.807) is 31.2 Å². The Labute approximate surface area is 127 Å². The van der Waals surface area contributed by atoms with Gasteiger partial charge in [0.25, 0.3) is 5.91 Å². The number of aliphatic hydroxyl groups is 1. The second-order valence-corrected chi connectivity index (χ2v) is 5.38. The molecule has 2 rings (SSSR count). The van der Waals surface area contributed by atoms with Crippen LogP contribution in [0.4, 0.5) is 4.39 Å². The predicted octanol–water partition coefficient (Wildman–Crippen LogP) is 3.12. The van der Waals surface area contributed by atoms with Gasteiger partial charge in [0, 0.05) is 5.02 Å². The van der Waals surface area contributed by atoms with Crippen LogP contribution in [0.5, 0.6) is 0 Å². The van der Waals surface area contributed by atoms with Gasteiger partial charge in [0.1, 0.15) is 11.4 Å². The molecule has 0 bridgehead atoms. The minimum atomic E-state index is -1.24. The van der Waals surface area contributed by atoms with Crippen molar-refractivity contribution in [3.05, 3.63) is 70.5 Å². The summed E-state index contributed by atoms with van der Waals surface area (Å²) in [4.78, 5) is 11.9. The molecule has 0 aromatic heterocycles. The summed E-state index contributed by atoms with van der Waals surface area (Å²) < 4.78 is 13.6. The molecule has 2 N–H and O–H groups in total. The zero-order chi connectivity index (χ0) is 15.5. The van der Waals surface area contributed by atoms with E-state index in [2.05, 4.69) is 5.32 Å². The molecule has 1 atom stereocenters. The molecule has 0 fully saturated rings. The first-order chi connectivity index (χ1) is 9.90. The second-order valence-electron chi connectivity index (χ2n) is 4.95.